The first-order valence-electron chi connectivity index (χ1n) is 0.289. The Labute approximate surface area is 139 Å². The molecule has 0 aromatic carbocycles. The predicted octanol–water partition coefficient (Wildman–Crippen LogP) is -1.68. The second kappa shape index (κ2) is 23.7. The van der Waals surface area contributed by atoms with E-state index in [-0.39, 0.29) is 140 Å². The number of hydrogen-bond acceptors (Lipinski definition) is 1. The van der Waals surface area contributed by atoms with Crippen molar-refractivity contribution < 1.29 is 80.0 Å². The fraction of sp³-hybridized carbons (Fsp3) is 0. The maximum atomic E-state index is 8.38. The van der Waals surface area contributed by atoms with Crippen molar-refractivity contribution in [2.45, 2.75) is 0 Å². The van der Waals surface area contributed by atoms with Crippen LogP contribution >= 0.6 is 0 Å². The van der Waals surface area contributed by atoms with Crippen LogP contribution in [0.5, 0.6) is 0 Å². The van der Waals surface area contributed by atoms with E-state index in [9.17, 15) is 0 Å². The topological polar surface area (TPSA) is 17.1 Å². The van der Waals surface area contributed by atoms with Gasteiger partial charge < -0.3 is 0 Å². The molecule has 0 aliphatic carbocycles. The summed E-state index contributed by atoms with van der Waals surface area (Å²) in [5.41, 5.74) is 0. The van der Waals surface area contributed by atoms with Crippen LogP contribution in [0.15, 0.2) is 0 Å². The average Bonchev–Trinajstić information content (AvgIpc) is 1.00. The first-order valence-corrected chi connectivity index (χ1v) is 1.50. The molecule has 0 atom stereocenters. The fourth-order valence-electron chi connectivity index (χ4n) is 0. The van der Waals surface area contributed by atoms with E-state index in [0.29, 0.717) is 0 Å². The van der Waals surface area contributed by atoms with E-state index in [4.69, 9.17) is 3.54 Å². The summed E-state index contributed by atoms with van der Waals surface area (Å²) in [5.74, 6) is 0. The van der Waals surface area contributed by atoms with Crippen molar-refractivity contribution in [2.75, 3.05) is 0 Å². The van der Waals surface area contributed by atoms with Crippen molar-refractivity contribution in [1.82, 2.24) is 0 Å². The molecule has 0 aliphatic rings. The SMILES string of the molecule is [La].[Nd].[O]=[GaH].[SrH2]. The summed E-state index contributed by atoms with van der Waals surface area (Å²) in [4.78, 5) is 0. The molecule has 0 saturated carbocycles. The van der Waals surface area contributed by atoms with Crippen LogP contribution in [0, 0.1) is 76.4 Å². The molecule has 21 valence electrons. The predicted molar refractivity (Wildman–Crippen MR) is 16.4 cm³/mol. The molecule has 0 unspecified atom stereocenters. The van der Waals surface area contributed by atoms with E-state index in [1.54, 1.807) is 0 Å². The zero-order chi connectivity index (χ0) is 2.00. The third kappa shape index (κ3) is 17.7. The summed E-state index contributed by atoms with van der Waals surface area (Å²) in [6.07, 6.45) is 0. The van der Waals surface area contributed by atoms with Crippen LogP contribution in [0.3, 0.4) is 0 Å². The van der Waals surface area contributed by atoms with Gasteiger partial charge in [-0.05, 0) is 0 Å². The number of rotatable bonds is 0. The molecule has 0 aliphatic heterocycles. The van der Waals surface area contributed by atoms with Gasteiger partial charge in [-0.3, -0.25) is 0 Å². The third-order valence-corrected chi connectivity index (χ3v) is 0. The zero-order valence-electron chi connectivity index (χ0n) is 2.19. The molecule has 1 radical (unpaired) electrons. The van der Waals surface area contributed by atoms with Crippen LogP contribution < -0.4 is 0 Å². The summed E-state index contributed by atoms with van der Waals surface area (Å²) in [7, 11) is 0. The standard InChI is InChI=1S/Ga.La.Nd.O.Sr.3H. The van der Waals surface area contributed by atoms with Crippen molar-refractivity contribution in [3.8, 4) is 0 Å². The van der Waals surface area contributed by atoms with Crippen molar-refractivity contribution in [3.05, 3.63) is 0 Å². The first-order chi connectivity index (χ1) is 1.00. The van der Waals surface area contributed by atoms with Crippen molar-refractivity contribution in [1.29, 1.82) is 0 Å². The average molecular weight is 460 g/mol. The molecule has 0 rings (SSSR count). The van der Waals surface area contributed by atoms with Gasteiger partial charge in [-0.15, -0.1) is 0 Å². The monoisotopic (exact) mass is 457 g/mol. The van der Waals surface area contributed by atoms with Crippen molar-refractivity contribution in [2.24, 2.45) is 0 Å². The quantitative estimate of drug-likeness (QED) is 0.396. The van der Waals surface area contributed by atoms with E-state index in [1.165, 1.54) is 0 Å². The van der Waals surface area contributed by atoms with Gasteiger partial charge in [-0.2, -0.15) is 0 Å². The molecule has 0 fully saturated rings. The molecule has 0 amide bonds. The summed E-state index contributed by atoms with van der Waals surface area (Å²) in [6.45, 7) is 0. The Morgan fingerprint density at radius 2 is 1.20 bits per heavy atom. The maximum absolute atomic E-state index is 8.38. The summed E-state index contributed by atoms with van der Waals surface area (Å²) in [5, 5.41) is 0. The molecule has 0 spiro atoms. The van der Waals surface area contributed by atoms with Crippen LogP contribution in [0.2, 0.25) is 0 Å². The van der Waals surface area contributed by atoms with Crippen LogP contribution in [0.4, 0.5) is 0 Å². The van der Waals surface area contributed by atoms with E-state index >= 15 is 0 Å². The van der Waals surface area contributed by atoms with Gasteiger partial charge in [0.25, 0.3) is 0 Å². The molecule has 0 aromatic rings. The Morgan fingerprint density at radius 3 is 1.20 bits per heavy atom. The molecule has 5 heavy (non-hydrogen) atoms. The first kappa shape index (κ1) is 22.7. The van der Waals surface area contributed by atoms with Crippen LogP contribution in [-0.4, -0.2) is 64.0 Å². The van der Waals surface area contributed by atoms with Gasteiger partial charge in [0.05, 0.1) is 0 Å². The Balaban J connectivity index is -0.00000000167. The molecule has 5 heteroatoms. The van der Waals surface area contributed by atoms with Gasteiger partial charge in [0.15, 0.2) is 0 Å². The number of hydrogen-bond donors (Lipinski definition) is 0. The Bertz CT molecular complexity index is 11.6. The molecule has 0 heterocycles. The van der Waals surface area contributed by atoms with Gasteiger partial charge in [-0.1, -0.05) is 0 Å². The summed E-state index contributed by atoms with van der Waals surface area (Å²) in [6, 6.07) is 0. The zero-order valence-corrected chi connectivity index (χ0v) is 12.0. The van der Waals surface area contributed by atoms with Crippen LogP contribution in [0.25, 0.3) is 0 Å². The fourth-order valence-corrected chi connectivity index (χ4v) is 0. The second-order valence-electron chi connectivity index (χ2n) is 0. The van der Waals surface area contributed by atoms with Gasteiger partial charge >= 0.3 is 67.6 Å². The molecular formula is H3GaLaNdOSr. The minimum absolute atomic E-state index is 0. The molecule has 0 saturated heterocycles. The van der Waals surface area contributed by atoms with Crippen molar-refractivity contribution in [3.63, 3.8) is 0 Å². The van der Waals surface area contributed by atoms with Crippen LogP contribution in [-0.2, 0) is 3.54 Å². The van der Waals surface area contributed by atoms with Gasteiger partial charge in [0.1, 0.15) is 0 Å². The normalized spacial score (nSPS) is 0.600. The molecule has 0 bridgehead atoms. The summed E-state index contributed by atoms with van der Waals surface area (Å²) < 4.78 is 8.38. The Hall–Kier alpha value is 4.46. The Kier molecular flexibility index (Phi) is 107. The van der Waals surface area contributed by atoms with Crippen molar-refractivity contribution >= 4 is 64.0 Å². The van der Waals surface area contributed by atoms with Gasteiger partial charge in [0, 0.05) is 76.4 Å². The van der Waals surface area contributed by atoms with Gasteiger partial charge in [0.2, 0.25) is 0 Å². The second-order valence-corrected chi connectivity index (χ2v) is 0. The van der Waals surface area contributed by atoms with E-state index in [1.807, 2.05) is 0 Å². The Morgan fingerprint density at radius 1 is 1.20 bits per heavy atom. The summed E-state index contributed by atoms with van der Waals surface area (Å²) >= 11 is 0.125. The van der Waals surface area contributed by atoms with Crippen LogP contribution in [0.1, 0.15) is 0 Å². The van der Waals surface area contributed by atoms with E-state index in [0.717, 1.165) is 0 Å². The molecule has 1 nitrogen and oxygen atoms in total. The van der Waals surface area contributed by atoms with E-state index in [2.05, 4.69) is 0 Å². The minimum atomic E-state index is 0. The van der Waals surface area contributed by atoms with E-state index < -0.39 is 0 Å². The third-order valence-electron chi connectivity index (χ3n) is 0. The molecule has 0 N–H and O–H groups in total. The molecular weight excluding hydrogens is 456 g/mol. The molecule has 0 aromatic heterocycles. The van der Waals surface area contributed by atoms with Gasteiger partial charge in [-0.25, -0.2) is 0 Å².